The third-order valence-electron chi connectivity index (χ3n) is 3.06. The van der Waals surface area contributed by atoms with Crippen LogP contribution < -0.4 is 0 Å². The molecule has 0 amide bonds. The number of ketones is 1. The molecule has 0 spiro atoms. The van der Waals surface area contributed by atoms with E-state index in [0.717, 1.165) is 35.9 Å². The van der Waals surface area contributed by atoms with Gasteiger partial charge >= 0.3 is 0 Å². The van der Waals surface area contributed by atoms with E-state index in [4.69, 9.17) is 4.74 Å². The number of Topliss-reactive ketones (excluding diaryl/α,β-unsaturated/α-hetero) is 1. The molecule has 92 valence electrons. The van der Waals surface area contributed by atoms with Crippen molar-refractivity contribution in [3.63, 3.8) is 0 Å². The van der Waals surface area contributed by atoms with Gasteiger partial charge in [0.1, 0.15) is 5.78 Å². The van der Waals surface area contributed by atoms with E-state index < -0.39 is 0 Å². The summed E-state index contributed by atoms with van der Waals surface area (Å²) in [5, 5.41) is 0. The molecule has 1 atom stereocenters. The van der Waals surface area contributed by atoms with Crippen molar-refractivity contribution in [2.24, 2.45) is 0 Å². The highest BCUT2D eigenvalue weighted by Crippen LogP contribution is 2.18. The van der Waals surface area contributed by atoms with Gasteiger partial charge in [-0.1, -0.05) is 28.1 Å². The fraction of sp³-hybridized carbons (Fsp3) is 0.500. The van der Waals surface area contributed by atoms with Crippen LogP contribution in [0.15, 0.2) is 28.7 Å². The Bertz CT molecular complexity index is 384. The van der Waals surface area contributed by atoms with Gasteiger partial charge < -0.3 is 4.74 Å². The lowest BCUT2D eigenvalue weighted by molar-refractivity contribution is -0.119. The first-order chi connectivity index (χ1) is 8.24. The van der Waals surface area contributed by atoms with Gasteiger partial charge in [0.25, 0.3) is 0 Å². The minimum Gasteiger partial charge on any atom is -0.378 e. The number of hydrogen-bond acceptors (Lipinski definition) is 2. The van der Waals surface area contributed by atoms with E-state index in [1.54, 1.807) is 0 Å². The Hall–Kier alpha value is -0.670. The molecule has 0 aliphatic carbocycles. The van der Waals surface area contributed by atoms with Gasteiger partial charge in [0.2, 0.25) is 0 Å². The van der Waals surface area contributed by atoms with Gasteiger partial charge in [-0.05, 0) is 37.0 Å². The standard InChI is InChI=1S/C14H17BrO2/c15-12-4-1-3-11(9-12)10-13(16)6-7-14-5-2-8-17-14/h1,3-4,9,14H,2,5-8,10H2. The van der Waals surface area contributed by atoms with Crippen LogP contribution in [0.3, 0.4) is 0 Å². The van der Waals surface area contributed by atoms with E-state index >= 15 is 0 Å². The Morgan fingerprint density at radius 1 is 1.47 bits per heavy atom. The van der Waals surface area contributed by atoms with Crippen LogP contribution in [0.5, 0.6) is 0 Å². The first-order valence-corrected chi connectivity index (χ1v) is 6.91. The van der Waals surface area contributed by atoms with E-state index in [0.29, 0.717) is 24.7 Å². The Balaban J connectivity index is 1.76. The molecule has 2 nitrogen and oxygen atoms in total. The lowest BCUT2D eigenvalue weighted by Crippen LogP contribution is -2.10. The molecular weight excluding hydrogens is 280 g/mol. The van der Waals surface area contributed by atoms with Crippen molar-refractivity contribution < 1.29 is 9.53 Å². The van der Waals surface area contributed by atoms with E-state index in [9.17, 15) is 4.79 Å². The zero-order chi connectivity index (χ0) is 12.1. The lowest BCUT2D eigenvalue weighted by Gasteiger charge is -2.08. The van der Waals surface area contributed by atoms with Gasteiger partial charge in [-0.25, -0.2) is 0 Å². The van der Waals surface area contributed by atoms with Crippen LogP contribution in [-0.2, 0) is 16.0 Å². The molecule has 0 bridgehead atoms. The van der Waals surface area contributed by atoms with E-state index in [2.05, 4.69) is 15.9 Å². The van der Waals surface area contributed by atoms with Gasteiger partial charge in [0.05, 0.1) is 6.10 Å². The average molecular weight is 297 g/mol. The SMILES string of the molecule is O=C(CCC1CCCO1)Cc1cccc(Br)c1. The minimum absolute atomic E-state index is 0.304. The Labute approximate surface area is 110 Å². The summed E-state index contributed by atoms with van der Waals surface area (Å²) in [5.41, 5.74) is 1.08. The van der Waals surface area contributed by atoms with Gasteiger partial charge in [-0.2, -0.15) is 0 Å². The molecule has 0 aromatic heterocycles. The van der Waals surface area contributed by atoms with Crippen LogP contribution in [0.25, 0.3) is 0 Å². The smallest absolute Gasteiger partial charge is 0.137 e. The minimum atomic E-state index is 0.304. The van der Waals surface area contributed by atoms with E-state index in [1.807, 2.05) is 24.3 Å². The molecule has 2 rings (SSSR count). The molecular formula is C14H17BrO2. The molecule has 17 heavy (non-hydrogen) atoms. The van der Waals surface area contributed by atoms with Crippen molar-refractivity contribution in [1.29, 1.82) is 0 Å². The van der Waals surface area contributed by atoms with Gasteiger partial charge in [0, 0.05) is 23.9 Å². The first kappa shape index (κ1) is 12.8. The third-order valence-corrected chi connectivity index (χ3v) is 3.55. The number of hydrogen-bond donors (Lipinski definition) is 0. The number of carbonyl (C=O) groups excluding carboxylic acids is 1. The van der Waals surface area contributed by atoms with Crippen LogP contribution in [0.1, 0.15) is 31.2 Å². The van der Waals surface area contributed by atoms with Crippen molar-refractivity contribution in [3.05, 3.63) is 34.3 Å². The Morgan fingerprint density at radius 3 is 3.06 bits per heavy atom. The van der Waals surface area contributed by atoms with Gasteiger partial charge in [-0.3, -0.25) is 4.79 Å². The fourth-order valence-electron chi connectivity index (χ4n) is 2.16. The van der Waals surface area contributed by atoms with Crippen molar-refractivity contribution in [1.82, 2.24) is 0 Å². The maximum Gasteiger partial charge on any atom is 0.137 e. The summed E-state index contributed by atoms with van der Waals surface area (Å²) < 4.78 is 6.54. The highest BCUT2D eigenvalue weighted by atomic mass is 79.9. The molecule has 1 aromatic rings. The molecule has 1 heterocycles. The highest BCUT2D eigenvalue weighted by Gasteiger charge is 2.16. The molecule has 1 fully saturated rings. The van der Waals surface area contributed by atoms with Gasteiger partial charge in [0.15, 0.2) is 0 Å². The molecule has 3 heteroatoms. The van der Waals surface area contributed by atoms with Gasteiger partial charge in [-0.15, -0.1) is 0 Å². The first-order valence-electron chi connectivity index (χ1n) is 6.12. The largest absolute Gasteiger partial charge is 0.378 e. The normalized spacial score (nSPS) is 19.5. The zero-order valence-electron chi connectivity index (χ0n) is 9.82. The maximum atomic E-state index is 11.8. The maximum absolute atomic E-state index is 11.8. The summed E-state index contributed by atoms with van der Waals surface area (Å²) in [5.74, 6) is 0.304. The average Bonchev–Trinajstić information content (AvgIpc) is 2.79. The van der Waals surface area contributed by atoms with Crippen LogP contribution in [0, 0.1) is 0 Å². The predicted molar refractivity (Wildman–Crippen MR) is 71.1 cm³/mol. The Morgan fingerprint density at radius 2 is 2.35 bits per heavy atom. The summed E-state index contributed by atoms with van der Waals surface area (Å²) in [6.45, 7) is 0.866. The summed E-state index contributed by atoms with van der Waals surface area (Å²) in [4.78, 5) is 11.8. The number of halogens is 1. The fourth-order valence-corrected chi connectivity index (χ4v) is 2.60. The monoisotopic (exact) mass is 296 g/mol. The molecule has 1 aliphatic heterocycles. The topological polar surface area (TPSA) is 26.3 Å². The van der Waals surface area contributed by atoms with E-state index in [-0.39, 0.29) is 0 Å². The quantitative estimate of drug-likeness (QED) is 0.831. The number of rotatable bonds is 5. The number of benzene rings is 1. The lowest BCUT2D eigenvalue weighted by atomic mass is 10.0. The van der Waals surface area contributed by atoms with Crippen molar-refractivity contribution in [2.75, 3.05) is 6.61 Å². The molecule has 1 aliphatic rings. The van der Waals surface area contributed by atoms with E-state index in [1.165, 1.54) is 0 Å². The van der Waals surface area contributed by atoms with Crippen molar-refractivity contribution in [2.45, 2.75) is 38.2 Å². The molecule has 0 radical (unpaired) electrons. The van der Waals surface area contributed by atoms with Crippen LogP contribution in [-0.4, -0.2) is 18.5 Å². The molecule has 0 saturated carbocycles. The summed E-state index contributed by atoms with van der Waals surface area (Å²) in [7, 11) is 0. The zero-order valence-corrected chi connectivity index (χ0v) is 11.4. The van der Waals surface area contributed by atoms with Crippen LogP contribution in [0.4, 0.5) is 0 Å². The number of ether oxygens (including phenoxy) is 1. The summed E-state index contributed by atoms with van der Waals surface area (Å²) >= 11 is 3.41. The second-order valence-corrected chi connectivity index (χ2v) is 5.43. The second-order valence-electron chi connectivity index (χ2n) is 4.52. The van der Waals surface area contributed by atoms with Crippen molar-refractivity contribution in [3.8, 4) is 0 Å². The predicted octanol–water partition coefficient (Wildman–Crippen LogP) is 3.52. The van der Waals surface area contributed by atoms with Crippen molar-refractivity contribution >= 4 is 21.7 Å². The Kier molecular flexibility index (Phi) is 4.75. The molecule has 1 saturated heterocycles. The second kappa shape index (κ2) is 6.31. The molecule has 0 N–H and O–H groups in total. The van der Waals surface area contributed by atoms with Crippen LogP contribution in [0.2, 0.25) is 0 Å². The number of carbonyl (C=O) groups is 1. The third kappa shape index (κ3) is 4.25. The summed E-state index contributed by atoms with van der Waals surface area (Å²) in [6.07, 6.45) is 4.63. The molecule has 1 aromatic carbocycles. The van der Waals surface area contributed by atoms with Crippen LogP contribution >= 0.6 is 15.9 Å². The molecule has 1 unspecified atom stereocenters. The highest BCUT2D eigenvalue weighted by molar-refractivity contribution is 9.10. The summed E-state index contributed by atoms with van der Waals surface area (Å²) in [6, 6.07) is 7.94.